The Morgan fingerprint density at radius 1 is 0.722 bits per heavy atom. The Balaban J connectivity index is 1.78. The van der Waals surface area contributed by atoms with Crippen LogP contribution in [0.5, 0.6) is 0 Å². The van der Waals surface area contributed by atoms with Crippen LogP contribution in [0.25, 0.3) is 21.6 Å². The molecule has 0 bridgehead atoms. The molecule has 0 unspecified atom stereocenters. The third-order valence-corrected chi connectivity index (χ3v) is 7.56. The van der Waals surface area contributed by atoms with Gasteiger partial charge < -0.3 is 0 Å². The zero-order chi connectivity index (χ0) is 25.2. The standard InChI is InChI=1S/C33H37N3/c1-3-5-7-11-24-33(25-12-8-6-4-2)31-17-10-9-15-29(31)30-16-13-14-27(32(30)33)21-18-26-19-22-28(23-20-26)35-36-34/h9-10,13-17,19-20,22-23H,3-8,11-12,24-25H2,1-2H3. The minimum atomic E-state index is 0.0318. The van der Waals surface area contributed by atoms with Gasteiger partial charge in [-0.25, -0.2) is 0 Å². The normalized spacial score (nSPS) is 12.7. The van der Waals surface area contributed by atoms with Gasteiger partial charge in [0, 0.05) is 27.1 Å². The number of fused-ring (bicyclic) bond motifs is 3. The van der Waals surface area contributed by atoms with Crippen LogP contribution in [0.3, 0.4) is 0 Å². The van der Waals surface area contributed by atoms with Crippen LogP contribution < -0.4 is 0 Å². The van der Waals surface area contributed by atoms with E-state index in [1.807, 2.05) is 24.3 Å². The molecule has 0 radical (unpaired) electrons. The highest BCUT2D eigenvalue weighted by molar-refractivity contribution is 5.83. The highest BCUT2D eigenvalue weighted by atomic mass is 15.1. The summed E-state index contributed by atoms with van der Waals surface area (Å²) in [5, 5.41) is 3.67. The zero-order valence-corrected chi connectivity index (χ0v) is 21.8. The van der Waals surface area contributed by atoms with Gasteiger partial charge in [-0.15, -0.1) is 0 Å². The van der Waals surface area contributed by atoms with Gasteiger partial charge in [-0.3, -0.25) is 0 Å². The molecule has 0 heterocycles. The summed E-state index contributed by atoms with van der Waals surface area (Å²) in [6.07, 6.45) is 12.5. The SMILES string of the molecule is CCCCCCC1(CCCCCC)c2ccccc2-c2cccc(C#Cc3ccc(N=[N+]=[N-])cc3)c21. The summed E-state index contributed by atoms with van der Waals surface area (Å²) >= 11 is 0. The average Bonchev–Trinajstić information content (AvgIpc) is 3.20. The summed E-state index contributed by atoms with van der Waals surface area (Å²) in [6.45, 7) is 4.57. The van der Waals surface area contributed by atoms with Gasteiger partial charge in [0.25, 0.3) is 0 Å². The van der Waals surface area contributed by atoms with Crippen molar-refractivity contribution in [2.75, 3.05) is 0 Å². The molecule has 0 saturated carbocycles. The molecule has 4 rings (SSSR count). The van der Waals surface area contributed by atoms with Crippen molar-refractivity contribution in [3.63, 3.8) is 0 Å². The van der Waals surface area contributed by atoms with E-state index in [4.69, 9.17) is 5.53 Å². The summed E-state index contributed by atoms with van der Waals surface area (Å²) in [6, 6.07) is 23.2. The second-order valence-electron chi connectivity index (χ2n) is 9.96. The maximum absolute atomic E-state index is 8.67. The quantitative estimate of drug-likeness (QED) is 0.0870. The van der Waals surface area contributed by atoms with Gasteiger partial charge in [0.15, 0.2) is 0 Å². The summed E-state index contributed by atoms with van der Waals surface area (Å²) in [4.78, 5) is 2.87. The zero-order valence-electron chi connectivity index (χ0n) is 21.8. The van der Waals surface area contributed by atoms with Gasteiger partial charge in [-0.1, -0.05) is 131 Å². The number of nitrogens with zero attached hydrogens (tertiary/aromatic N) is 3. The fourth-order valence-corrected chi connectivity index (χ4v) is 5.82. The highest BCUT2D eigenvalue weighted by Gasteiger charge is 2.43. The Bertz CT molecular complexity index is 1260. The molecule has 0 amide bonds. The van der Waals surface area contributed by atoms with Crippen LogP contribution >= 0.6 is 0 Å². The topological polar surface area (TPSA) is 48.8 Å². The fourth-order valence-electron chi connectivity index (χ4n) is 5.82. The van der Waals surface area contributed by atoms with E-state index in [-0.39, 0.29) is 5.41 Å². The predicted molar refractivity (Wildman–Crippen MR) is 151 cm³/mol. The largest absolute Gasteiger partial charge is 0.0654 e. The van der Waals surface area contributed by atoms with Gasteiger partial charge in [0.2, 0.25) is 0 Å². The lowest BCUT2D eigenvalue weighted by Crippen LogP contribution is -2.26. The van der Waals surface area contributed by atoms with E-state index < -0.39 is 0 Å². The van der Waals surface area contributed by atoms with Crippen molar-refractivity contribution in [3.8, 4) is 23.0 Å². The van der Waals surface area contributed by atoms with Crippen LogP contribution in [0.1, 0.15) is 100 Å². The number of rotatable bonds is 11. The number of unbranched alkanes of at least 4 members (excludes halogenated alkanes) is 6. The molecule has 0 aliphatic heterocycles. The third kappa shape index (κ3) is 5.51. The Labute approximate surface area is 216 Å². The summed E-state index contributed by atoms with van der Waals surface area (Å²) < 4.78 is 0. The molecule has 184 valence electrons. The number of hydrogen-bond donors (Lipinski definition) is 0. The van der Waals surface area contributed by atoms with Crippen molar-refractivity contribution in [2.24, 2.45) is 5.11 Å². The predicted octanol–water partition coefficient (Wildman–Crippen LogP) is 10.2. The van der Waals surface area contributed by atoms with E-state index >= 15 is 0 Å². The van der Waals surface area contributed by atoms with Crippen LogP contribution in [0, 0.1) is 11.8 Å². The first-order chi connectivity index (χ1) is 17.7. The lowest BCUT2D eigenvalue weighted by Gasteiger charge is -2.33. The molecule has 0 fully saturated rings. The molecule has 0 saturated heterocycles. The Kier molecular flexibility index (Phi) is 8.88. The minimum absolute atomic E-state index is 0.0318. The molecule has 1 aliphatic carbocycles. The maximum atomic E-state index is 8.67. The van der Waals surface area contributed by atoms with Crippen molar-refractivity contribution < 1.29 is 0 Å². The van der Waals surface area contributed by atoms with Crippen molar-refractivity contribution >= 4 is 5.69 Å². The lowest BCUT2D eigenvalue weighted by molar-refractivity contribution is 0.400. The summed E-state index contributed by atoms with van der Waals surface area (Å²) in [5.74, 6) is 6.94. The first-order valence-corrected chi connectivity index (χ1v) is 13.6. The van der Waals surface area contributed by atoms with Crippen LogP contribution in [0.15, 0.2) is 71.8 Å². The van der Waals surface area contributed by atoms with Crippen LogP contribution in [0.4, 0.5) is 5.69 Å². The van der Waals surface area contributed by atoms with E-state index in [0.29, 0.717) is 5.69 Å². The monoisotopic (exact) mass is 475 g/mol. The van der Waals surface area contributed by atoms with Gasteiger partial charge in [-0.05, 0) is 58.8 Å². The van der Waals surface area contributed by atoms with Crippen molar-refractivity contribution in [1.82, 2.24) is 0 Å². The molecule has 1 aliphatic rings. The second-order valence-corrected chi connectivity index (χ2v) is 9.96. The highest BCUT2D eigenvalue weighted by Crippen LogP contribution is 2.55. The number of benzene rings is 3. The summed E-state index contributed by atoms with van der Waals surface area (Å²) in [5.41, 5.74) is 17.1. The Morgan fingerprint density at radius 2 is 1.39 bits per heavy atom. The molecule has 0 atom stereocenters. The molecular weight excluding hydrogens is 438 g/mol. The van der Waals surface area contributed by atoms with E-state index in [0.717, 1.165) is 11.1 Å². The molecule has 36 heavy (non-hydrogen) atoms. The minimum Gasteiger partial charge on any atom is -0.0654 e. The van der Waals surface area contributed by atoms with Crippen LogP contribution in [0.2, 0.25) is 0 Å². The molecule has 0 spiro atoms. The van der Waals surface area contributed by atoms with Gasteiger partial charge >= 0.3 is 0 Å². The van der Waals surface area contributed by atoms with Crippen molar-refractivity contribution in [1.29, 1.82) is 0 Å². The van der Waals surface area contributed by atoms with Gasteiger partial charge in [0.05, 0.1) is 0 Å². The number of hydrogen-bond acceptors (Lipinski definition) is 1. The second kappa shape index (κ2) is 12.5. The molecule has 0 N–H and O–H groups in total. The van der Waals surface area contributed by atoms with Crippen LogP contribution in [-0.2, 0) is 5.41 Å². The summed E-state index contributed by atoms with van der Waals surface area (Å²) in [7, 11) is 0. The molecular formula is C33H37N3. The van der Waals surface area contributed by atoms with E-state index in [1.54, 1.807) is 0 Å². The third-order valence-electron chi connectivity index (χ3n) is 7.56. The molecule has 3 aromatic carbocycles. The van der Waals surface area contributed by atoms with Crippen molar-refractivity contribution in [2.45, 2.75) is 83.5 Å². The molecule has 0 aromatic heterocycles. The average molecular weight is 476 g/mol. The first-order valence-electron chi connectivity index (χ1n) is 13.6. The Morgan fingerprint density at radius 3 is 2.06 bits per heavy atom. The molecule has 3 nitrogen and oxygen atoms in total. The van der Waals surface area contributed by atoms with Crippen molar-refractivity contribution in [3.05, 3.63) is 99.4 Å². The van der Waals surface area contributed by atoms with Gasteiger partial charge in [-0.2, -0.15) is 0 Å². The van der Waals surface area contributed by atoms with E-state index in [1.165, 1.54) is 86.5 Å². The van der Waals surface area contributed by atoms with Gasteiger partial charge in [0.1, 0.15) is 0 Å². The van der Waals surface area contributed by atoms with E-state index in [2.05, 4.69) is 78.2 Å². The molecule has 3 aromatic rings. The molecule has 3 heteroatoms. The number of azide groups is 1. The Hall–Kier alpha value is -3.47. The van der Waals surface area contributed by atoms with Crippen LogP contribution in [-0.4, -0.2) is 0 Å². The fraction of sp³-hybridized carbons (Fsp3) is 0.394. The smallest absolute Gasteiger partial charge is 0.0376 e. The van der Waals surface area contributed by atoms with E-state index in [9.17, 15) is 0 Å². The lowest BCUT2D eigenvalue weighted by atomic mass is 9.69. The first kappa shape index (κ1) is 25.6. The maximum Gasteiger partial charge on any atom is 0.0376 e.